The monoisotopic (exact) mass is 364 g/mol. The third kappa shape index (κ3) is 3.27. The number of anilines is 1. The summed E-state index contributed by atoms with van der Waals surface area (Å²) < 4.78 is 44.2. The first-order valence-corrected chi connectivity index (χ1v) is 7.95. The minimum atomic E-state index is -4.20. The lowest BCUT2D eigenvalue weighted by molar-refractivity contribution is -0.144. The van der Waals surface area contributed by atoms with Crippen LogP contribution in [0.5, 0.6) is 0 Å². The minimum Gasteiger partial charge on any atom is -0.461 e. The molecule has 0 radical (unpaired) electrons. The molecule has 10 heteroatoms. The molecule has 0 saturated heterocycles. The van der Waals surface area contributed by atoms with Gasteiger partial charge in [0.15, 0.2) is 11.4 Å². The summed E-state index contributed by atoms with van der Waals surface area (Å²) in [5, 5.41) is 4.26. The van der Waals surface area contributed by atoms with E-state index in [0.29, 0.717) is 35.9 Å². The molecule has 7 nitrogen and oxygen atoms in total. The minimum absolute atomic E-state index is 0.154. The second-order valence-corrected chi connectivity index (χ2v) is 6.01. The van der Waals surface area contributed by atoms with Crippen molar-refractivity contribution in [1.82, 2.24) is 24.5 Å². The van der Waals surface area contributed by atoms with E-state index in [-0.39, 0.29) is 12.5 Å². The molecular weight excluding hydrogens is 349 g/mol. The summed E-state index contributed by atoms with van der Waals surface area (Å²) in [7, 11) is 0. The number of fused-ring (bicyclic) bond motifs is 1. The normalized spacial score (nSPS) is 16.2. The fraction of sp³-hybridized carbons (Fsp3) is 0.312. The maximum Gasteiger partial charge on any atom is 0.401 e. The van der Waals surface area contributed by atoms with Crippen LogP contribution in [-0.4, -0.2) is 50.3 Å². The second-order valence-electron chi connectivity index (χ2n) is 6.01. The lowest BCUT2D eigenvalue weighted by Gasteiger charge is -2.26. The Morgan fingerprint density at radius 3 is 2.77 bits per heavy atom. The number of aromatic nitrogens is 4. The van der Waals surface area contributed by atoms with Crippen LogP contribution in [-0.2, 0) is 0 Å². The first kappa shape index (κ1) is 16.6. The lowest BCUT2D eigenvalue weighted by Crippen LogP contribution is -2.37. The van der Waals surface area contributed by atoms with Gasteiger partial charge in [-0.1, -0.05) is 6.08 Å². The SMILES string of the molecule is Nc1nc(C2=CCN(CC(F)(F)F)CC2)cc2nc(-c3ccco3)nn12. The Morgan fingerprint density at radius 1 is 1.27 bits per heavy atom. The Kier molecular flexibility index (Phi) is 3.91. The maximum absolute atomic E-state index is 12.5. The highest BCUT2D eigenvalue weighted by Crippen LogP contribution is 2.26. The van der Waals surface area contributed by atoms with Crippen molar-refractivity contribution in [3.8, 4) is 11.6 Å². The number of alkyl halides is 3. The summed E-state index contributed by atoms with van der Waals surface area (Å²) in [5.41, 5.74) is 7.92. The summed E-state index contributed by atoms with van der Waals surface area (Å²) in [6.07, 6.45) is -0.473. The van der Waals surface area contributed by atoms with Crippen molar-refractivity contribution >= 4 is 17.2 Å². The van der Waals surface area contributed by atoms with E-state index in [2.05, 4.69) is 15.1 Å². The number of nitrogens with two attached hydrogens (primary N) is 1. The predicted octanol–water partition coefficient (Wildman–Crippen LogP) is 2.62. The Bertz CT molecular complexity index is 960. The molecule has 0 saturated carbocycles. The van der Waals surface area contributed by atoms with Crippen molar-refractivity contribution in [1.29, 1.82) is 0 Å². The van der Waals surface area contributed by atoms with Crippen LogP contribution in [0.4, 0.5) is 19.1 Å². The Morgan fingerprint density at radius 2 is 2.12 bits per heavy atom. The number of hydrogen-bond acceptors (Lipinski definition) is 6. The zero-order chi connectivity index (χ0) is 18.3. The summed E-state index contributed by atoms with van der Waals surface area (Å²) in [5.74, 6) is 1.05. The third-order valence-electron chi connectivity index (χ3n) is 4.12. The molecule has 3 aromatic heterocycles. The van der Waals surface area contributed by atoms with Gasteiger partial charge in [-0.25, -0.2) is 9.97 Å². The van der Waals surface area contributed by atoms with Crippen LogP contribution >= 0.6 is 0 Å². The standard InChI is InChI=1S/C16H15F3N6O/c17-16(18,19)9-24-5-3-10(4-6-24)11-8-13-22-14(12-2-1-7-26-12)23-25(13)15(20)21-11/h1-3,7-8H,4-6,9H2,(H2,20,21). The number of nitrogen functional groups attached to an aromatic ring is 1. The molecule has 0 amide bonds. The van der Waals surface area contributed by atoms with Crippen LogP contribution in [0, 0.1) is 0 Å². The molecule has 136 valence electrons. The van der Waals surface area contributed by atoms with E-state index < -0.39 is 12.7 Å². The van der Waals surface area contributed by atoms with Gasteiger partial charge < -0.3 is 10.2 Å². The van der Waals surface area contributed by atoms with Gasteiger partial charge in [-0.3, -0.25) is 4.90 Å². The summed E-state index contributed by atoms with van der Waals surface area (Å²) in [6, 6.07) is 5.19. The largest absolute Gasteiger partial charge is 0.461 e. The predicted molar refractivity (Wildman–Crippen MR) is 88.0 cm³/mol. The Hall–Kier alpha value is -2.88. The first-order valence-electron chi connectivity index (χ1n) is 7.95. The Balaban J connectivity index is 1.61. The van der Waals surface area contributed by atoms with Gasteiger partial charge in [0.25, 0.3) is 0 Å². The number of halogens is 3. The van der Waals surface area contributed by atoms with Crippen molar-refractivity contribution < 1.29 is 17.6 Å². The molecule has 3 aromatic rings. The van der Waals surface area contributed by atoms with Gasteiger partial charge in [-0.2, -0.15) is 17.7 Å². The molecule has 0 aliphatic carbocycles. The van der Waals surface area contributed by atoms with E-state index in [4.69, 9.17) is 10.2 Å². The summed E-state index contributed by atoms with van der Waals surface area (Å²) in [4.78, 5) is 10.0. The van der Waals surface area contributed by atoms with Crippen molar-refractivity contribution in [2.24, 2.45) is 0 Å². The van der Waals surface area contributed by atoms with Crippen LogP contribution in [0.2, 0.25) is 0 Å². The molecule has 0 bridgehead atoms. The molecular formula is C16H15F3N6O. The van der Waals surface area contributed by atoms with Gasteiger partial charge in [0, 0.05) is 19.2 Å². The van der Waals surface area contributed by atoms with E-state index in [1.54, 1.807) is 24.3 Å². The van der Waals surface area contributed by atoms with Gasteiger partial charge in [0.1, 0.15) is 0 Å². The van der Waals surface area contributed by atoms with Crippen LogP contribution in [0.3, 0.4) is 0 Å². The van der Waals surface area contributed by atoms with Gasteiger partial charge >= 0.3 is 6.18 Å². The first-order chi connectivity index (χ1) is 12.4. The van der Waals surface area contributed by atoms with Crippen LogP contribution in [0.25, 0.3) is 22.8 Å². The fourth-order valence-corrected chi connectivity index (χ4v) is 2.93. The average molecular weight is 364 g/mol. The van der Waals surface area contributed by atoms with Crippen LogP contribution in [0.15, 0.2) is 35.0 Å². The molecule has 1 aliphatic rings. The van der Waals surface area contributed by atoms with E-state index >= 15 is 0 Å². The average Bonchev–Trinajstić information content (AvgIpc) is 3.23. The van der Waals surface area contributed by atoms with E-state index in [0.717, 1.165) is 5.57 Å². The van der Waals surface area contributed by atoms with Crippen LogP contribution in [0.1, 0.15) is 12.1 Å². The lowest BCUT2D eigenvalue weighted by atomic mass is 10.0. The molecule has 2 N–H and O–H groups in total. The summed E-state index contributed by atoms with van der Waals surface area (Å²) in [6.45, 7) is -0.392. The highest BCUT2D eigenvalue weighted by atomic mass is 19.4. The van der Waals surface area contributed by atoms with E-state index in [1.165, 1.54) is 15.7 Å². The molecule has 4 heterocycles. The number of rotatable bonds is 3. The third-order valence-corrected chi connectivity index (χ3v) is 4.12. The molecule has 0 atom stereocenters. The number of furan rings is 1. The summed E-state index contributed by atoms with van der Waals surface area (Å²) >= 11 is 0. The molecule has 0 unspecified atom stereocenters. The highest BCUT2D eigenvalue weighted by molar-refractivity contribution is 5.68. The van der Waals surface area contributed by atoms with Crippen molar-refractivity contribution in [2.75, 3.05) is 25.4 Å². The fourth-order valence-electron chi connectivity index (χ4n) is 2.93. The smallest absolute Gasteiger partial charge is 0.401 e. The van der Waals surface area contributed by atoms with Gasteiger partial charge in [0.05, 0.1) is 18.5 Å². The van der Waals surface area contributed by atoms with Crippen molar-refractivity contribution in [3.05, 3.63) is 36.2 Å². The highest BCUT2D eigenvalue weighted by Gasteiger charge is 2.31. The van der Waals surface area contributed by atoms with Gasteiger partial charge in [-0.15, -0.1) is 5.10 Å². The molecule has 4 rings (SSSR count). The molecule has 1 aliphatic heterocycles. The van der Waals surface area contributed by atoms with Crippen LogP contribution < -0.4 is 5.73 Å². The maximum atomic E-state index is 12.5. The molecule has 0 spiro atoms. The number of hydrogen-bond donors (Lipinski definition) is 1. The van der Waals surface area contributed by atoms with Crippen molar-refractivity contribution in [2.45, 2.75) is 12.6 Å². The number of nitrogens with zero attached hydrogens (tertiary/aromatic N) is 5. The van der Waals surface area contributed by atoms with E-state index in [1.807, 2.05) is 0 Å². The molecule has 0 aromatic carbocycles. The van der Waals surface area contributed by atoms with Gasteiger partial charge in [0.2, 0.25) is 11.8 Å². The second kappa shape index (κ2) is 6.13. The Labute approximate surface area is 145 Å². The van der Waals surface area contributed by atoms with E-state index in [9.17, 15) is 13.2 Å². The van der Waals surface area contributed by atoms with Gasteiger partial charge in [-0.05, 0) is 24.1 Å². The zero-order valence-corrected chi connectivity index (χ0v) is 13.6. The topological polar surface area (TPSA) is 85.5 Å². The molecule has 26 heavy (non-hydrogen) atoms. The quantitative estimate of drug-likeness (QED) is 0.769. The zero-order valence-electron chi connectivity index (χ0n) is 13.6. The van der Waals surface area contributed by atoms with Crippen molar-refractivity contribution in [3.63, 3.8) is 0 Å². The molecule has 0 fully saturated rings.